The Labute approximate surface area is 182 Å². The number of benzene rings is 3. The van der Waals surface area contributed by atoms with Gasteiger partial charge in [0, 0.05) is 10.6 Å². The molecule has 4 aromatic rings. The average molecular weight is 433 g/mol. The molecule has 0 radical (unpaired) electrons. The third-order valence-corrected chi connectivity index (χ3v) is 5.71. The zero-order valence-electron chi connectivity index (χ0n) is 16.5. The van der Waals surface area contributed by atoms with Crippen molar-refractivity contribution in [3.63, 3.8) is 0 Å². The predicted octanol–water partition coefficient (Wildman–Crippen LogP) is 4.51. The van der Waals surface area contributed by atoms with Gasteiger partial charge in [0.1, 0.15) is 12.1 Å². The van der Waals surface area contributed by atoms with E-state index in [0.717, 1.165) is 15.7 Å². The second-order valence-corrected chi connectivity index (χ2v) is 7.95. The van der Waals surface area contributed by atoms with Crippen molar-refractivity contribution in [3.8, 4) is 11.5 Å². The Bertz CT molecular complexity index is 1320. The summed E-state index contributed by atoms with van der Waals surface area (Å²) < 4.78 is 5.66. The number of hydrogen-bond donors (Lipinski definition) is 1. The van der Waals surface area contributed by atoms with Gasteiger partial charge in [-0.1, -0.05) is 48.0 Å². The fraction of sp³-hybridized carbons (Fsp3) is 0.130. The Balaban J connectivity index is 1.40. The largest absolute Gasteiger partial charge is 0.419 e. The maximum Gasteiger partial charge on any atom is 0.325 e. The van der Waals surface area contributed by atoms with Crippen LogP contribution in [0.1, 0.15) is 18.4 Å². The number of fused-ring (bicyclic) bond motifs is 1. The molecule has 2 heterocycles. The van der Waals surface area contributed by atoms with E-state index >= 15 is 0 Å². The minimum Gasteiger partial charge on any atom is -0.419 e. The van der Waals surface area contributed by atoms with Crippen molar-refractivity contribution < 1.29 is 14.0 Å². The first kappa shape index (κ1) is 19.3. The van der Waals surface area contributed by atoms with Crippen molar-refractivity contribution in [3.05, 3.63) is 83.2 Å². The highest BCUT2D eigenvalue weighted by atomic mass is 35.5. The number of carbonyl (C=O) groups is 2. The molecule has 1 saturated heterocycles. The van der Waals surface area contributed by atoms with Crippen molar-refractivity contribution in [2.24, 2.45) is 0 Å². The lowest BCUT2D eigenvalue weighted by Gasteiger charge is -2.22. The summed E-state index contributed by atoms with van der Waals surface area (Å²) >= 11 is 5.90. The van der Waals surface area contributed by atoms with Gasteiger partial charge in [-0.2, -0.15) is 0 Å². The van der Waals surface area contributed by atoms with Crippen molar-refractivity contribution in [2.75, 3.05) is 0 Å². The maximum atomic E-state index is 13.2. The first-order chi connectivity index (χ1) is 14.9. The number of urea groups is 1. The van der Waals surface area contributed by atoms with Crippen LogP contribution in [0, 0.1) is 0 Å². The molecule has 0 unspecified atom stereocenters. The van der Waals surface area contributed by atoms with Gasteiger partial charge in [-0.3, -0.25) is 9.69 Å². The van der Waals surface area contributed by atoms with E-state index in [4.69, 9.17) is 16.0 Å². The number of imide groups is 1. The van der Waals surface area contributed by atoms with Gasteiger partial charge >= 0.3 is 6.03 Å². The molecule has 0 spiro atoms. The van der Waals surface area contributed by atoms with Crippen molar-refractivity contribution in [1.29, 1.82) is 0 Å². The molecule has 1 atom stereocenters. The summed E-state index contributed by atoms with van der Waals surface area (Å²) in [6, 6.07) is 20.0. The molecule has 0 saturated carbocycles. The molecule has 5 rings (SSSR count). The quantitative estimate of drug-likeness (QED) is 0.479. The summed E-state index contributed by atoms with van der Waals surface area (Å²) in [5.41, 5.74) is 0.223. The summed E-state index contributed by atoms with van der Waals surface area (Å²) in [4.78, 5) is 27.0. The lowest BCUT2D eigenvalue weighted by Crippen LogP contribution is -2.40. The Hall–Kier alpha value is -3.71. The smallest absolute Gasteiger partial charge is 0.325 e. The van der Waals surface area contributed by atoms with Crippen molar-refractivity contribution >= 4 is 34.3 Å². The van der Waals surface area contributed by atoms with Gasteiger partial charge < -0.3 is 9.73 Å². The van der Waals surface area contributed by atoms with Gasteiger partial charge in [-0.25, -0.2) is 4.79 Å². The molecule has 0 aliphatic carbocycles. The van der Waals surface area contributed by atoms with Gasteiger partial charge in [0.2, 0.25) is 11.8 Å². The summed E-state index contributed by atoms with van der Waals surface area (Å²) in [6.45, 7) is 1.58. The summed E-state index contributed by atoms with van der Waals surface area (Å²) in [7, 11) is 0. The Morgan fingerprint density at radius 3 is 2.52 bits per heavy atom. The molecule has 7 nitrogen and oxygen atoms in total. The highest BCUT2D eigenvalue weighted by Gasteiger charge is 2.49. The maximum absolute atomic E-state index is 13.2. The predicted molar refractivity (Wildman–Crippen MR) is 115 cm³/mol. The molecule has 3 amide bonds. The monoisotopic (exact) mass is 432 g/mol. The van der Waals surface area contributed by atoms with Gasteiger partial charge in [0.15, 0.2) is 0 Å². The molecule has 31 heavy (non-hydrogen) atoms. The molecule has 8 heteroatoms. The Kier molecular flexibility index (Phi) is 4.48. The number of aromatic nitrogens is 2. The highest BCUT2D eigenvalue weighted by molar-refractivity contribution is 6.30. The average Bonchev–Trinajstić information content (AvgIpc) is 3.33. The zero-order chi connectivity index (χ0) is 21.6. The third-order valence-electron chi connectivity index (χ3n) is 5.45. The number of carbonyl (C=O) groups excluding carboxylic acids is 2. The van der Waals surface area contributed by atoms with Crippen LogP contribution in [0.15, 0.2) is 71.1 Å². The van der Waals surface area contributed by atoms with E-state index in [1.165, 1.54) is 0 Å². The lowest BCUT2D eigenvalue weighted by atomic mass is 9.90. The van der Waals surface area contributed by atoms with Gasteiger partial charge in [0.05, 0.1) is 0 Å². The van der Waals surface area contributed by atoms with Crippen LogP contribution in [0.5, 0.6) is 0 Å². The number of rotatable bonds is 4. The molecule has 1 aliphatic rings. The van der Waals surface area contributed by atoms with E-state index in [0.29, 0.717) is 16.1 Å². The molecule has 1 aromatic heterocycles. The third kappa shape index (κ3) is 3.33. The van der Waals surface area contributed by atoms with Crippen LogP contribution in [0.2, 0.25) is 5.02 Å². The molecular formula is C23H17ClN4O3. The zero-order valence-corrected chi connectivity index (χ0v) is 17.3. The van der Waals surface area contributed by atoms with Crippen molar-refractivity contribution in [1.82, 2.24) is 20.4 Å². The van der Waals surface area contributed by atoms with Gasteiger partial charge in [-0.05, 0) is 53.6 Å². The standard InChI is InChI=1S/C23H17ClN4O3/c1-23(17-9-6-14-4-2-3-5-16(14)12-17)21(29)28(22(30)25-23)13-19-26-27-20(31-19)15-7-10-18(24)11-8-15/h2-12H,13H2,1H3,(H,25,30)/t23-/m0/s1. The first-order valence-corrected chi connectivity index (χ1v) is 10.0. The molecule has 0 bridgehead atoms. The molecular weight excluding hydrogens is 416 g/mol. The normalized spacial score (nSPS) is 18.6. The molecule has 1 N–H and O–H groups in total. The second kappa shape index (κ2) is 7.21. The summed E-state index contributed by atoms with van der Waals surface area (Å²) in [6.07, 6.45) is 0. The second-order valence-electron chi connectivity index (χ2n) is 7.52. The van der Waals surface area contributed by atoms with Gasteiger partial charge in [-0.15, -0.1) is 10.2 Å². The van der Waals surface area contributed by atoms with E-state index in [1.807, 2.05) is 42.5 Å². The van der Waals surface area contributed by atoms with Crippen LogP contribution in [-0.2, 0) is 16.9 Å². The number of halogens is 1. The number of hydrogen-bond acceptors (Lipinski definition) is 5. The number of nitrogens with one attached hydrogen (secondary N) is 1. The molecule has 3 aromatic carbocycles. The minimum absolute atomic E-state index is 0.117. The van der Waals surface area contributed by atoms with Crippen LogP contribution < -0.4 is 5.32 Å². The van der Waals surface area contributed by atoms with Crippen LogP contribution >= 0.6 is 11.6 Å². The summed E-state index contributed by atoms with van der Waals surface area (Å²) in [5, 5.41) is 13.4. The van der Waals surface area contributed by atoms with Gasteiger partial charge in [0.25, 0.3) is 5.91 Å². The van der Waals surface area contributed by atoms with E-state index < -0.39 is 11.6 Å². The fourth-order valence-electron chi connectivity index (χ4n) is 3.70. The van der Waals surface area contributed by atoms with Crippen LogP contribution in [-0.4, -0.2) is 27.0 Å². The van der Waals surface area contributed by atoms with Crippen LogP contribution in [0.25, 0.3) is 22.2 Å². The Morgan fingerprint density at radius 1 is 1.00 bits per heavy atom. The van der Waals surface area contributed by atoms with Crippen LogP contribution in [0.4, 0.5) is 4.79 Å². The molecule has 154 valence electrons. The van der Waals surface area contributed by atoms with Crippen molar-refractivity contribution in [2.45, 2.75) is 19.0 Å². The first-order valence-electron chi connectivity index (χ1n) is 9.66. The van der Waals surface area contributed by atoms with E-state index in [9.17, 15) is 9.59 Å². The molecule has 1 fully saturated rings. The molecule has 1 aliphatic heterocycles. The van der Waals surface area contributed by atoms with Crippen LogP contribution in [0.3, 0.4) is 0 Å². The number of nitrogens with zero attached hydrogens (tertiary/aromatic N) is 3. The lowest BCUT2D eigenvalue weighted by molar-refractivity contribution is -0.131. The van der Waals surface area contributed by atoms with E-state index in [2.05, 4.69) is 15.5 Å². The van der Waals surface area contributed by atoms with E-state index in [-0.39, 0.29) is 24.2 Å². The minimum atomic E-state index is -1.18. The van der Waals surface area contributed by atoms with E-state index in [1.54, 1.807) is 31.2 Å². The Morgan fingerprint density at radius 2 is 1.74 bits per heavy atom. The highest BCUT2D eigenvalue weighted by Crippen LogP contribution is 2.32. The SMILES string of the molecule is C[C@@]1(c2ccc3ccccc3c2)NC(=O)N(Cc2nnc(-c3ccc(Cl)cc3)o2)C1=O. The fourth-order valence-corrected chi connectivity index (χ4v) is 3.82. The summed E-state index contributed by atoms with van der Waals surface area (Å²) in [5.74, 6) is 0.0752. The number of amides is 3. The topological polar surface area (TPSA) is 88.3 Å².